The summed E-state index contributed by atoms with van der Waals surface area (Å²) in [7, 11) is 0. The third kappa shape index (κ3) is 5.55. The van der Waals surface area contributed by atoms with Crippen LogP contribution in [-0.2, 0) is 0 Å². The SMILES string of the molecule is CCCC(C)NC(=O)c1ccc(-c2ccc(NC(=O)c3ccccc3)cc2)cc1. The molecule has 148 valence electrons. The molecule has 0 aliphatic heterocycles. The van der Waals surface area contributed by atoms with Gasteiger partial charge in [-0.05, 0) is 60.9 Å². The fourth-order valence-electron chi connectivity index (χ4n) is 3.17. The largest absolute Gasteiger partial charge is 0.350 e. The highest BCUT2D eigenvalue weighted by atomic mass is 16.2. The number of carbonyl (C=O) groups is 2. The van der Waals surface area contributed by atoms with Crippen LogP contribution < -0.4 is 10.6 Å². The molecule has 0 heterocycles. The second kappa shape index (κ2) is 9.69. The first kappa shape index (κ1) is 20.3. The summed E-state index contributed by atoms with van der Waals surface area (Å²) in [6.45, 7) is 4.13. The Morgan fingerprint density at radius 2 is 1.31 bits per heavy atom. The average Bonchev–Trinajstić information content (AvgIpc) is 2.75. The van der Waals surface area contributed by atoms with Gasteiger partial charge in [-0.15, -0.1) is 0 Å². The van der Waals surface area contributed by atoms with Crippen LogP contribution in [0.1, 0.15) is 47.4 Å². The predicted octanol–water partition coefficient (Wildman–Crippen LogP) is 5.52. The zero-order valence-electron chi connectivity index (χ0n) is 16.8. The van der Waals surface area contributed by atoms with E-state index in [1.807, 2.05) is 73.7 Å². The monoisotopic (exact) mass is 386 g/mol. The van der Waals surface area contributed by atoms with Gasteiger partial charge in [0.05, 0.1) is 0 Å². The normalized spacial score (nSPS) is 11.5. The Morgan fingerprint density at radius 1 is 0.759 bits per heavy atom. The Hall–Kier alpha value is -3.40. The summed E-state index contributed by atoms with van der Waals surface area (Å²) in [5, 5.41) is 5.91. The zero-order valence-corrected chi connectivity index (χ0v) is 16.8. The van der Waals surface area contributed by atoms with Crippen LogP contribution in [0.4, 0.5) is 5.69 Å². The average molecular weight is 386 g/mol. The molecule has 1 atom stereocenters. The maximum Gasteiger partial charge on any atom is 0.255 e. The number of benzene rings is 3. The molecular formula is C25H26N2O2. The lowest BCUT2D eigenvalue weighted by molar-refractivity contribution is 0.0937. The van der Waals surface area contributed by atoms with Crippen molar-refractivity contribution < 1.29 is 9.59 Å². The molecule has 0 bridgehead atoms. The minimum Gasteiger partial charge on any atom is -0.350 e. The van der Waals surface area contributed by atoms with Gasteiger partial charge in [-0.3, -0.25) is 9.59 Å². The van der Waals surface area contributed by atoms with E-state index < -0.39 is 0 Å². The maximum atomic E-state index is 12.3. The molecule has 0 aliphatic rings. The Morgan fingerprint density at radius 3 is 1.90 bits per heavy atom. The molecule has 0 aromatic heterocycles. The van der Waals surface area contributed by atoms with E-state index in [9.17, 15) is 9.59 Å². The molecule has 0 radical (unpaired) electrons. The molecule has 2 amide bonds. The van der Waals surface area contributed by atoms with Gasteiger partial charge in [0, 0.05) is 22.9 Å². The summed E-state index contributed by atoms with van der Waals surface area (Å²) in [6, 6.07) is 24.5. The molecule has 0 saturated carbocycles. The second-order valence-electron chi connectivity index (χ2n) is 7.14. The Bertz CT molecular complexity index is 948. The van der Waals surface area contributed by atoms with Gasteiger partial charge >= 0.3 is 0 Å². The van der Waals surface area contributed by atoms with E-state index in [4.69, 9.17) is 0 Å². The van der Waals surface area contributed by atoms with Gasteiger partial charge in [0.25, 0.3) is 11.8 Å². The third-order valence-corrected chi connectivity index (χ3v) is 4.76. The number of amides is 2. The highest BCUT2D eigenvalue weighted by Crippen LogP contribution is 2.22. The van der Waals surface area contributed by atoms with Crippen molar-refractivity contribution in [3.05, 3.63) is 90.0 Å². The summed E-state index contributed by atoms with van der Waals surface area (Å²) in [6.07, 6.45) is 2.01. The lowest BCUT2D eigenvalue weighted by atomic mass is 10.0. The maximum absolute atomic E-state index is 12.3. The summed E-state index contributed by atoms with van der Waals surface area (Å²) in [4.78, 5) is 24.5. The number of hydrogen-bond donors (Lipinski definition) is 2. The van der Waals surface area contributed by atoms with E-state index in [0.717, 1.165) is 29.7 Å². The van der Waals surface area contributed by atoms with Gasteiger partial charge < -0.3 is 10.6 Å². The van der Waals surface area contributed by atoms with Crippen LogP contribution in [0.5, 0.6) is 0 Å². The van der Waals surface area contributed by atoms with Crippen molar-refractivity contribution >= 4 is 17.5 Å². The lowest BCUT2D eigenvalue weighted by Gasteiger charge is -2.13. The fourth-order valence-corrected chi connectivity index (χ4v) is 3.17. The summed E-state index contributed by atoms with van der Waals surface area (Å²) >= 11 is 0. The first-order valence-corrected chi connectivity index (χ1v) is 9.94. The molecule has 0 saturated heterocycles. The first-order valence-electron chi connectivity index (χ1n) is 9.94. The van der Waals surface area contributed by atoms with Crippen LogP contribution >= 0.6 is 0 Å². The smallest absolute Gasteiger partial charge is 0.255 e. The van der Waals surface area contributed by atoms with Crippen molar-refractivity contribution in [2.45, 2.75) is 32.7 Å². The van der Waals surface area contributed by atoms with Crippen molar-refractivity contribution in [1.82, 2.24) is 5.32 Å². The topological polar surface area (TPSA) is 58.2 Å². The third-order valence-electron chi connectivity index (χ3n) is 4.76. The van der Waals surface area contributed by atoms with E-state index in [0.29, 0.717) is 11.1 Å². The summed E-state index contributed by atoms with van der Waals surface area (Å²) in [5.74, 6) is -0.178. The molecule has 29 heavy (non-hydrogen) atoms. The number of anilines is 1. The number of hydrogen-bond acceptors (Lipinski definition) is 2. The first-order chi connectivity index (χ1) is 14.1. The van der Waals surface area contributed by atoms with Crippen LogP contribution in [0.15, 0.2) is 78.9 Å². The molecule has 0 spiro atoms. The Balaban J connectivity index is 1.64. The second-order valence-corrected chi connectivity index (χ2v) is 7.14. The van der Waals surface area contributed by atoms with Gasteiger partial charge in [-0.25, -0.2) is 0 Å². The Labute approximate surface area is 172 Å². The van der Waals surface area contributed by atoms with Gasteiger partial charge in [0.1, 0.15) is 0 Å². The zero-order chi connectivity index (χ0) is 20.6. The molecule has 4 heteroatoms. The van der Waals surface area contributed by atoms with Crippen LogP contribution in [0.25, 0.3) is 11.1 Å². The fraction of sp³-hybridized carbons (Fsp3) is 0.200. The summed E-state index contributed by atoms with van der Waals surface area (Å²) in [5.41, 5.74) is 4.06. The van der Waals surface area contributed by atoms with Gasteiger partial charge in [-0.2, -0.15) is 0 Å². The lowest BCUT2D eigenvalue weighted by Crippen LogP contribution is -2.32. The Kier molecular flexibility index (Phi) is 6.80. The van der Waals surface area contributed by atoms with Crippen molar-refractivity contribution in [2.24, 2.45) is 0 Å². The molecule has 0 aliphatic carbocycles. The number of carbonyl (C=O) groups excluding carboxylic acids is 2. The quantitative estimate of drug-likeness (QED) is 0.561. The molecule has 4 nitrogen and oxygen atoms in total. The van der Waals surface area contributed by atoms with E-state index in [-0.39, 0.29) is 17.9 Å². The van der Waals surface area contributed by atoms with Crippen LogP contribution in [0.3, 0.4) is 0 Å². The van der Waals surface area contributed by atoms with E-state index in [1.54, 1.807) is 12.1 Å². The number of rotatable bonds is 7. The van der Waals surface area contributed by atoms with Crippen molar-refractivity contribution in [2.75, 3.05) is 5.32 Å². The molecule has 2 N–H and O–H groups in total. The molecule has 3 rings (SSSR count). The van der Waals surface area contributed by atoms with E-state index in [1.165, 1.54) is 0 Å². The highest BCUT2D eigenvalue weighted by molar-refractivity contribution is 6.04. The standard InChI is InChI=1S/C25H26N2O2/c1-3-7-18(2)26-24(28)22-12-10-19(11-13-22)20-14-16-23(17-15-20)27-25(29)21-8-5-4-6-9-21/h4-6,8-18H,3,7H2,1-2H3,(H,26,28)(H,27,29). The van der Waals surface area contributed by atoms with Crippen molar-refractivity contribution in [3.63, 3.8) is 0 Å². The minimum absolute atomic E-state index is 0.0449. The molecule has 1 unspecified atom stereocenters. The van der Waals surface area contributed by atoms with Gasteiger partial charge in [0.15, 0.2) is 0 Å². The van der Waals surface area contributed by atoms with Crippen LogP contribution in [0.2, 0.25) is 0 Å². The van der Waals surface area contributed by atoms with E-state index in [2.05, 4.69) is 17.6 Å². The van der Waals surface area contributed by atoms with Crippen molar-refractivity contribution in [3.8, 4) is 11.1 Å². The summed E-state index contributed by atoms with van der Waals surface area (Å²) < 4.78 is 0. The molecule has 0 fully saturated rings. The minimum atomic E-state index is -0.133. The van der Waals surface area contributed by atoms with Crippen LogP contribution in [-0.4, -0.2) is 17.9 Å². The highest BCUT2D eigenvalue weighted by Gasteiger charge is 2.10. The van der Waals surface area contributed by atoms with Gasteiger partial charge in [0.2, 0.25) is 0 Å². The molecule has 3 aromatic carbocycles. The molecule has 3 aromatic rings. The number of nitrogens with one attached hydrogen (secondary N) is 2. The van der Waals surface area contributed by atoms with Crippen molar-refractivity contribution in [1.29, 1.82) is 0 Å². The van der Waals surface area contributed by atoms with Crippen LogP contribution in [0, 0.1) is 0 Å². The predicted molar refractivity (Wildman–Crippen MR) is 118 cm³/mol. The van der Waals surface area contributed by atoms with Gasteiger partial charge in [-0.1, -0.05) is 55.8 Å². The van der Waals surface area contributed by atoms with E-state index >= 15 is 0 Å². The molecular weight excluding hydrogens is 360 g/mol.